The molecule has 2 heterocycles. The zero-order valence-corrected chi connectivity index (χ0v) is 17.4. The number of halogens is 1. The fraction of sp³-hybridized carbons (Fsp3) is 0.348. The maximum Gasteiger partial charge on any atom is 0.126 e. The molecule has 1 aliphatic rings. The van der Waals surface area contributed by atoms with Gasteiger partial charge >= 0.3 is 0 Å². The van der Waals surface area contributed by atoms with Crippen LogP contribution in [0.15, 0.2) is 48.5 Å². The Morgan fingerprint density at radius 2 is 1.86 bits per heavy atom. The molecule has 1 saturated heterocycles. The van der Waals surface area contributed by atoms with E-state index in [9.17, 15) is 4.39 Å². The second-order valence-electron chi connectivity index (χ2n) is 7.11. The Bertz CT molecular complexity index is 936. The number of aryl methyl sites for hydroxylation is 1. The van der Waals surface area contributed by atoms with E-state index >= 15 is 0 Å². The van der Waals surface area contributed by atoms with Gasteiger partial charge in [-0.1, -0.05) is 18.2 Å². The Kier molecular flexibility index (Phi) is 6.54. The first-order valence-electron chi connectivity index (χ1n) is 9.92. The summed E-state index contributed by atoms with van der Waals surface area (Å²) < 4.78 is 25.2. The van der Waals surface area contributed by atoms with Crippen molar-refractivity contribution in [2.24, 2.45) is 0 Å². The monoisotopic (exact) mass is 412 g/mol. The summed E-state index contributed by atoms with van der Waals surface area (Å²) in [4.78, 5) is 8.25. The molecular formula is C23H25FN2O2S. The molecule has 4 nitrogen and oxygen atoms in total. The maximum atomic E-state index is 13.9. The van der Waals surface area contributed by atoms with Crippen LogP contribution in [0.3, 0.4) is 0 Å². The van der Waals surface area contributed by atoms with Gasteiger partial charge in [-0.25, -0.2) is 9.37 Å². The molecule has 0 saturated carbocycles. The van der Waals surface area contributed by atoms with Crippen LogP contribution >= 0.6 is 11.3 Å². The van der Waals surface area contributed by atoms with Crippen LogP contribution in [-0.2, 0) is 11.2 Å². The number of ether oxygens (including phenoxy) is 2. The highest BCUT2D eigenvalue weighted by Gasteiger charge is 2.13. The number of thiazole rings is 1. The van der Waals surface area contributed by atoms with Crippen molar-refractivity contribution in [3.05, 3.63) is 69.8 Å². The topological polar surface area (TPSA) is 34.6 Å². The summed E-state index contributed by atoms with van der Waals surface area (Å²) in [5, 5.41) is 0.924. The van der Waals surface area contributed by atoms with E-state index in [4.69, 9.17) is 14.5 Å². The minimum absolute atomic E-state index is 0.180. The van der Waals surface area contributed by atoms with Crippen LogP contribution in [0.5, 0.6) is 5.75 Å². The molecule has 0 N–H and O–H groups in total. The molecule has 4 rings (SSSR count). The van der Waals surface area contributed by atoms with Gasteiger partial charge < -0.3 is 9.47 Å². The highest BCUT2D eigenvalue weighted by Crippen LogP contribution is 2.30. The van der Waals surface area contributed by atoms with E-state index in [2.05, 4.69) is 11.8 Å². The summed E-state index contributed by atoms with van der Waals surface area (Å²) >= 11 is 1.62. The molecule has 1 aliphatic heterocycles. The first kappa shape index (κ1) is 20.0. The number of benzene rings is 2. The molecular weight excluding hydrogens is 387 g/mol. The molecule has 0 atom stereocenters. The molecule has 0 radical (unpaired) electrons. The van der Waals surface area contributed by atoms with E-state index in [0.717, 1.165) is 59.7 Å². The lowest BCUT2D eigenvalue weighted by Crippen LogP contribution is -2.38. The number of rotatable bonds is 7. The molecule has 1 aromatic heterocycles. The Hall–Kier alpha value is -2.28. The summed E-state index contributed by atoms with van der Waals surface area (Å²) in [7, 11) is 0. The molecule has 3 aromatic rings. The van der Waals surface area contributed by atoms with Crippen LogP contribution in [-0.4, -0.2) is 49.3 Å². The van der Waals surface area contributed by atoms with Gasteiger partial charge in [0.15, 0.2) is 0 Å². The lowest BCUT2D eigenvalue weighted by Gasteiger charge is -2.26. The summed E-state index contributed by atoms with van der Waals surface area (Å²) in [6.07, 6.45) is 0.515. The third-order valence-corrected chi connectivity index (χ3v) is 6.02. The number of aromatic nitrogens is 1. The minimum Gasteiger partial charge on any atom is -0.492 e. The highest BCUT2D eigenvalue weighted by molar-refractivity contribution is 7.12. The van der Waals surface area contributed by atoms with Gasteiger partial charge in [0.25, 0.3) is 0 Å². The lowest BCUT2D eigenvalue weighted by atomic mass is 10.1. The van der Waals surface area contributed by atoms with Gasteiger partial charge in [0, 0.05) is 36.5 Å². The largest absolute Gasteiger partial charge is 0.492 e. The predicted octanol–water partition coefficient (Wildman–Crippen LogP) is 4.56. The second kappa shape index (κ2) is 9.48. The Balaban J connectivity index is 1.37. The number of hydrogen-bond donors (Lipinski definition) is 0. The third kappa shape index (κ3) is 5.21. The molecule has 6 heteroatoms. The summed E-state index contributed by atoms with van der Waals surface area (Å²) in [6, 6.07) is 14.9. The highest BCUT2D eigenvalue weighted by atomic mass is 32.1. The molecule has 0 aliphatic carbocycles. The molecule has 0 unspecified atom stereocenters. The van der Waals surface area contributed by atoms with Gasteiger partial charge in [-0.05, 0) is 42.8 Å². The molecule has 2 aromatic carbocycles. The van der Waals surface area contributed by atoms with Crippen LogP contribution in [0.4, 0.5) is 4.39 Å². The molecule has 152 valence electrons. The van der Waals surface area contributed by atoms with E-state index in [0.29, 0.717) is 18.6 Å². The van der Waals surface area contributed by atoms with Crippen molar-refractivity contribution in [2.45, 2.75) is 13.3 Å². The van der Waals surface area contributed by atoms with Gasteiger partial charge in [-0.3, -0.25) is 4.90 Å². The van der Waals surface area contributed by atoms with Crippen LogP contribution in [0.1, 0.15) is 15.4 Å². The predicted molar refractivity (Wildman–Crippen MR) is 114 cm³/mol. The van der Waals surface area contributed by atoms with Crippen molar-refractivity contribution in [1.29, 1.82) is 0 Å². The normalized spacial score (nSPS) is 14.8. The molecule has 0 spiro atoms. The quantitative estimate of drug-likeness (QED) is 0.570. The van der Waals surface area contributed by atoms with Gasteiger partial charge in [-0.15, -0.1) is 11.3 Å². The first-order valence-corrected chi connectivity index (χ1v) is 10.7. The smallest absolute Gasteiger partial charge is 0.126 e. The summed E-state index contributed by atoms with van der Waals surface area (Å²) in [5.74, 6) is 0.682. The van der Waals surface area contributed by atoms with E-state index in [1.54, 1.807) is 17.4 Å². The maximum absolute atomic E-state index is 13.9. The Morgan fingerprint density at radius 1 is 1.10 bits per heavy atom. The van der Waals surface area contributed by atoms with Crippen molar-refractivity contribution in [1.82, 2.24) is 9.88 Å². The Labute approximate surface area is 174 Å². The fourth-order valence-electron chi connectivity index (χ4n) is 3.43. The van der Waals surface area contributed by atoms with Gasteiger partial charge in [0.05, 0.1) is 23.9 Å². The fourth-order valence-corrected chi connectivity index (χ4v) is 4.40. The van der Waals surface area contributed by atoms with Gasteiger partial charge in [-0.2, -0.15) is 0 Å². The lowest BCUT2D eigenvalue weighted by molar-refractivity contribution is 0.0322. The van der Waals surface area contributed by atoms with Gasteiger partial charge in [0.2, 0.25) is 0 Å². The average Bonchev–Trinajstić information content (AvgIpc) is 3.11. The van der Waals surface area contributed by atoms with Crippen molar-refractivity contribution in [3.8, 4) is 17.0 Å². The van der Waals surface area contributed by atoms with Crippen LogP contribution in [0.2, 0.25) is 0 Å². The van der Waals surface area contributed by atoms with Gasteiger partial charge in [0.1, 0.15) is 18.2 Å². The van der Waals surface area contributed by atoms with Crippen LogP contribution < -0.4 is 4.74 Å². The molecule has 0 bridgehead atoms. The van der Waals surface area contributed by atoms with E-state index < -0.39 is 0 Å². The Morgan fingerprint density at radius 3 is 2.62 bits per heavy atom. The number of nitrogens with zero attached hydrogens (tertiary/aromatic N) is 2. The van der Waals surface area contributed by atoms with E-state index in [1.807, 2.05) is 36.4 Å². The summed E-state index contributed by atoms with van der Waals surface area (Å²) in [5.41, 5.74) is 2.69. The second-order valence-corrected chi connectivity index (χ2v) is 8.40. The molecule has 1 fully saturated rings. The molecule has 0 amide bonds. The SMILES string of the molecule is Cc1sc(Cc2ccccc2F)nc1-c1ccc(OCCN2CCOCC2)cc1. The van der Waals surface area contributed by atoms with Crippen molar-refractivity contribution in [2.75, 3.05) is 39.5 Å². The summed E-state index contributed by atoms with van der Waals surface area (Å²) in [6.45, 7) is 7.20. The average molecular weight is 413 g/mol. The zero-order chi connectivity index (χ0) is 20.1. The zero-order valence-electron chi connectivity index (χ0n) is 16.6. The van der Waals surface area contributed by atoms with E-state index in [-0.39, 0.29) is 5.82 Å². The first-order chi connectivity index (χ1) is 14.2. The van der Waals surface area contributed by atoms with Crippen molar-refractivity contribution < 1.29 is 13.9 Å². The number of hydrogen-bond acceptors (Lipinski definition) is 5. The standard InChI is InChI=1S/C23H25FN2O2S/c1-17-23(25-22(29-17)16-19-4-2-3-5-21(19)24)18-6-8-20(9-7-18)28-15-12-26-10-13-27-14-11-26/h2-9H,10-16H2,1H3. The minimum atomic E-state index is -0.180. The van der Waals surface area contributed by atoms with Crippen LogP contribution in [0.25, 0.3) is 11.3 Å². The van der Waals surface area contributed by atoms with Crippen LogP contribution in [0, 0.1) is 12.7 Å². The molecule has 29 heavy (non-hydrogen) atoms. The third-order valence-electron chi connectivity index (χ3n) is 5.05. The van der Waals surface area contributed by atoms with Crippen molar-refractivity contribution in [3.63, 3.8) is 0 Å². The number of morpholine rings is 1. The van der Waals surface area contributed by atoms with E-state index in [1.165, 1.54) is 6.07 Å². The van der Waals surface area contributed by atoms with Crippen molar-refractivity contribution >= 4 is 11.3 Å².